The second-order valence-corrected chi connectivity index (χ2v) is 9.03. The van der Waals surface area contributed by atoms with Crippen LogP contribution in [0.3, 0.4) is 0 Å². The summed E-state index contributed by atoms with van der Waals surface area (Å²) in [5.74, 6) is 1.37. The molecule has 1 heteroatoms. The van der Waals surface area contributed by atoms with Crippen molar-refractivity contribution in [3.63, 3.8) is 0 Å². The van der Waals surface area contributed by atoms with E-state index in [-0.39, 0.29) is 0 Å². The van der Waals surface area contributed by atoms with E-state index in [2.05, 4.69) is 86.8 Å². The van der Waals surface area contributed by atoms with E-state index >= 15 is 0 Å². The summed E-state index contributed by atoms with van der Waals surface area (Å²) in [6.45, 7) is 8.29. The van der Waals surface area contributed by atoms with Gasteiger partial charge in [-0.05, 0) is 61.1 Å². The monoisotopic (exact) mass is 349 g/mol. The summed E-state index contributed by atoms with van der Waals surface area (Å²) in [7, 11) is 0. The summed E-state index contributed by atoms with van der Waals surface area (Å²) in [5.41, 5.74) is 3.32. The molecule has 0 heterocycles. The Morgan fingerprint density at radius 1 is 0.808 bits per heavy atom. The van der Waals surface area contributed by atoms with Gasteiger partial charge in [-0.1, -0.05) is 81.4 Å². The zero-order chi connectivity index (χ0) is 18.4. The lowest BCUT2D eigenvalue weighted by atomic mass is 9.71. The highest BCUT2D eigenvalue weighted by atomic mass is 14.9. The first kappa shape index (κ1) is 19.2. The van der Waals surface area contributed by atoms with Gasteiger partial charge >= 0.3 is 0 Å². The van der Waals surface area contributed by atoms with Gasteiger partial charge in [-0.2, -0.15) is 0 Å². The quantitative estimate of drug-likeness (QED) is 0.636. The fourth-order valence-electron chi connectivity index (χ4n) is 4.49. The molecule has 0 bridgehead atoms. The minimum Gasteiger partial charge on any atom is -0.314 e. The van der Waals surface area contributed by atoms with Crippen LogP contribution in [0.5, 0.6) is 0 Å². The van der Waals surface area contributed by atoms with E-state index < -0.39 is 0 Å². The molecule has 140 valence electrons. The van der Waals surface area contributed by atoms with Gasteiger partial charge < -0.3 is 5.32 Å². The second kappa shape index (κ2) is 8.86. The number of hydrogen-bond acceptors (Lipinski definition) is 1. The average Bonchev–Trinajstić information content (AvgIpc) is 2.66. The van der Waals surface area contributed by atoms with Crippen molar-refractivity contribution in [1.82, 2.24) is 5.32 Å². The molecule has 0 saturated heterocycles. The standard InChI is InChI=1S/C25H35N/c1-25(2,3)22-14-16-23(17-15-22)26-19-18-24(20-10-6-4-7-11-20)21-12-8-5-9-13-21/h4-13,22-24,26H,14-19H2,1-3H3. The molecule has 3 rings (SSSR count). The second-order valence-electron chi connectivity index (χ2n) is 9.03. The molecule has 0 unspecified atom stereocenters. The van der Waals surface area contributed by atoms with E-state index in [0.29, 0.717) is 17.4 Å². The van der Waals surface area contributed by atoms with Gasteiger partial charge in [0.25, 0.3) is 0 Å². The molecule has 26 heavy (non-hydrogen) atoms. The molecule has 0 aromatic heterocycles. The van der Waals surface area contributed by atoms with E-state index in [1.54, 1.807) is 0 Å². The Morgan fingerprint density at radius 2 is 1.31 bits per heavy atom. The first-order chi connectivity index (χ1) is 12.5. The highest BCUT2D eigenvalue weighted by Crippen LogP contribution is 2.37. The van der Waals surface area contributed by atoms with Crippen LogP contribution in [-0.4, -0.2) is 12.6 Å². The molecule has 0 spiro atoms. The van der Waals surface area contributed by atoms with Crippen LogP contribution >= 0.6 is 0 Å². The molecule has 1 aliphatic rings. The lowest BCUT2D eigenvalue weighted by Gasteiger charge is -2.37. The number of benzene rings is 2. The molecule has 0 atom stereocenters. The predicted octanol–water partition coefficient (Wildman–Crippen LogP) is 6.40. The Kier molecular flexibility index (Phi) is 6.53. The van der Waals surface area contributed by atoms with Gasteiger partial charge in [0.2, 0.25) is 0 Å². The smallest absolute Gasteiger partial charge is 0.0101 e. The largest absolute Gasteiger partial charge is 0.314 e. The van der Waals surface area contributed by atoms with Gasteiger partial charge in [0.05, 0.1) is 0 Å². The highest BCUT2D eigenvalue weighted by molar-refractivity contribution is 5.32. The molecule has 0 amide bonds. The Hall–Kier alpha value is -1.60. The van der Waals surface area contributed by atoms with Crippen LogP contribution < -0.4 is 5.32 Å². The third kappa shape index (κ3) is 5.20. The molecule has 1 saturated carbocycles. The van der Waals surface area contributed by atoms with Crippen LogP contribution in [-0.2, 0) is 0 Å². The number of hydrogen-bond donors (Lipinski definition) is 1. The lowest BCUT2D eigenvalue weighted by molar-refractivity contribution is 0.160. The normalized spacial score (nSPS) is 21.1. The first-order valence-corrected chi connectivity index (χ1v) is 10.4. The summed E-state index contributed by atoms with van der Waals surface area (Å²) < 4.78 is 0. The van der Waals surface area contributed by atoms with Crippen LogP contribution in [0.1, 0.15) is 69.9 Å². The van der Waals surface area contributed by atoms with Crippen molar-refractivity contribution in [2.75, 3.05) is 6.54 Å². The third-order valence-corrected chi connectivity index (χ3v) is 6.22. The van der Waals surface area contributed by atoms with Crippen molar-refractivity contribution in [2.24, 2.45) is 11.3 Å². The Balaban J connectivity index is 1.55. The Labute approximate surface area is 160 Å². The van der Waals surface area contributed by atoms with E-state index in [4.69, 9.17) is 0 Å². The van der Waals surface area contributed by atoms with Gasteiger partial charge in [0, 0.05) is 12.0 Å². The summed E-state index contributed by atoms with van der Waals surface area (Å²) >= 11 is 0. The van der Waals surface area contributed by atoms with Crippen LogP contribution in [0.25, 0.3) is 0 Å². The van der Waals surface area contributed by atoms with Gasteiger partial charge in [0.1, 0.15) is 0 Å². The first-order valence-electron chi connectivity index (χ1n) is 10.4. The zero-order valence-corrected chi connectivity index (χ0v) is 16.7. The topological polar surface area (TPSA) is 12.0 Å². The van der Waals surface area contributed by atoms with E-state index in [0.717, 1.165) is 18.9 Å². The lowest BCUT2D eigenvalue weighted by Crippen LogP contribution is -2.37. The highest BCUT2D eigenvalue weighted by Gasteiger charge is 2.29. The Bertz CT molecular complexity index is 593. The molecule has 1 aliphatic carbocycles. The maximum absolute atomic E-state index is 3.86. The van der Waals surface area contributed by atoms with Gasteiger partial charge in [0.15, 0.2) is 0 Å². The van der Waals surface area contributed by atoms with E-state index in [9.17, 15) is 0 Å². The predicted molar refractivity (Wildman–Crippen MR) is 113 cm³/mol. The van der Waals surface area contributed by atoms with Crippen LogP contribution in [0.4, 0.5) is 0 Å². The molecule has 2 aromatic carbocycles. The zero-order valence-electron chi connectivity index (χ0n) is 16.7. The molecule has 2 aromatic rings. The summed E-state index contributed by atoms with van der Waals surface area (Å²) in [6, 6.07) is 22.6. The van der Waals surface area contributed by atoms with Crippen molar-refractivity contribution in [2.45, 2.75) is 64.8 Å². The summed E-state index contributed by atoms with van der Waals surface area (Å²) in [4.78, 5) is 0. The minimum atomic E-state index is 0.469. The minimum absolute atomic E-state index is 0.469. The fourth-order valence-corrected chi connectivity index (χ4v) is 4.49. The molecular formula is C25H35N. The fraction of sp³-hybridized carbons (Fsp3) is 0.520. The molecule has 1 nitrogen and oxygen atoms in total. The van der Waals surface area contributed by atoms with Crippen molar-refractivity contribution in [3.8, 4) is 0 Å². The maximum Gasteiger partial charge on any atom is 0.0101 e. The van der Waals surface area contributed by atoms with Gasteiger partial charge in [-0.25, -0.2) is 0 Å². The van der Waals surface area contributed by atoms with Crippen LogP contribution in [0, 0.1) is 11.3 Å². The molecular weight excluding hydrogens is 314 g/mol. The Morgan fingerprint density at radius 3 is 1.77 bits per heavy atom. The SMILES string of the molecule is CC(C)(C)C1CCC(NCCC(c2ccccc2)c2ccccc2)CC1. The number of nitrogens with one attached hydrogen (secondary N) is 1. The summed E-state index contributed by atoms with van der Waals surface area (Å²) in [5, 5.41) is 3.86. The molecule has 1 N–H and O–H groups in total. The van der Waals surface area contributed by atoms with Crippen LogP contribution in [0.2, 0.25) is 0 Å². The molecule has 0 aliphatic heterocycles. The molecule has 1 fully saturated rings. The summed E-state index contributed by atoms with van der Waals surface area (Å²) in [6.07, 6.45) is 6.59. The van der Waals surface area contributed by atoms with Gasteiger partial charge in [-0.15, -0.1) is 0 Å². The molecule has 0 radical (unpaired) electrons. The van der Waals surface area contributed by atoms with Crippen molar-refractivity contribution >= 4 is 0 Å². The van der Waals surface area contributed by atoms with E-state index in [1.165, 1.54) is 36.8 Å². The van der Waals surface area contributed by atoms with Gasteiger partial charge in [-0.3, -0.25) is 0 Å². The maximum atomic E-state index is 3.86. The van der Waals surface area contributed by atoms with Crippen molar-refractivity contribution in [3.05, 3.63) is 71.8 Å². The third-order valence-electron chi connectivity index (χ3n) is 6.22. The van der Waals surface area contributed by atoms with Crippen LogP contribution in [0.15, 0.2) is 60.7 Å². The number of rotatable bonds is 6. The van der Waals surface area contributed by atoms with Crippen molar-refractivity contribution < 1.29 is 0 Å². The van der Waals surface area contributed by atoms with E-state index in [1.807, 2.05) is 0 Å². The average molecular weight is 350 g/mol. The van der Waals surface area contributed by atoms with Crippen molar-refractivity contribution in [1.29, 1.82) is 0 Å².